The molecule has 0 aromatic heterocycles. The summed E-state index contributed by atoms with van der Waals surface area (Å²) in [5, 5.41) is 0. The molecule has 6 heteroatoms. The lowest BCUT2D eigenvalue weighted by Crippen LogP contribution is -2.30. The fourth-order valence-corrected chi connectivity index (χ4v) is 8.49. The topological polar surface area (TPSA) is 78.9 Å². The maximum Gasteiger partial charge on any atom is 0.306 e. The number of ether oxygens (including phenoxy) is 3. The zero-order valence-electron chi connectivity index (χ0n) is 47.9. The highest BCUT2D eigenvalue weighted by atomic mass is 16.6. The van der Waals surface area contributed by atoms with Crippen LogP contribution in [0, 0.1) is 0 Å². The molecule has 0 aromatic rings. The highest BCUT2D eigenvalue weighted by Crippen LogP contribution is 2.16. The summed E-state index contributed by atoms with van der Waals surface area (Å²) in [4.78, 5) is 38.2. The molecule has 1 unspecified atom stereocenters. The number of hydrogen-bond donors (Lipinski definition) is 0. The molecule has 73 heavy (non-hydrogen) atoms. The minimum Gasteiger partial charge on any atom is -0.462 e. The Hall–Kier alpha value is -3.67. The largest absolute Gasteiger partial charge is 0.462 e. The van der Waals surface area contributed by atoms with Crippen molar-refractivity contribution in [3.8, 4) is 0 Å². The summed E-state index contributed by atoms with van der Waals surface area (Å²) in [6, 6.07) is 0. The number of carbonyl (C=O) groups is 3. The Morgan fingerprint density at radius 3 is 0.932 bits per heavy atom. The first-order chi connectivity index (χ1) is 36.0. The molecule has 0 amide bonds. The molecule has 418 valence electrons. The van der Waals surface area contributed by atoms with Gasteiger partial charge in [0.05, 0.1) is 0 Å². The number of esters is 3. The minimum absolute atomic E-state index is 0.110. The molecule has 1 atom stereocenters. The minimum atomic E-state index is -0.824. The molecule has 0 saturated carbocycles. The standard InChI is InChI=1S/C67H114O6/c1-4-7-10-13-16-19-22-25-28-30-32-33-34-36-37-39-42-45-48-51-54-57-60-66(69)72-63-64(62-71-65(68)59-56-53-50-47-44-41-27-24-21-18-15-12-9-6-3)73-67(70)61-58-55-52-49-46-43-40-38-35-31-29-26-23-20-17-14-11-8-5-2/h8,11,15,17-18,20,24,26-27,29,35,38,43,46,52,55,64H,4-7,9-10,12-14,16,19,21-23,25,28,30-34,36-37,39-42,44-45,47-51,53-54,56-63H2,1-3H3/b11-8-,18-15-,20-17-,27-24-,29-26-,38-35-,46-43-,55-52-. The molecular formula is C67H114O6. The summed E-state index contributed by atoms with van der Waals surface area (Å²) in [5.74, 6) is -1.00. The summed E-state index contributed by atoms with van der Waals surface area (Å²) >= 11 is 0. The maximum atomic E-state index is 12.8. The van der Waals surface area contributed by atoms with E-state index in [0.29, 0.717) is 19.3 Å². The number of allylic oxidation sites excluding steroid dienone is 16. The molecule has 0 aliphatic carbocycles. The zero-order chi connectivity index (χ0) is 52.9. The van der Waals surface area contributed by atoms with E-state index in [1.807, 2.05) is 6.08 Å². The van der Waals surface area contributed by atoms with Gasteiger partial charge >= 0.3 is 17.9 Å². The molecule has 0 aliphatic rings. The van der Waals surface area contributed by atoms with Crippen LogP contribution in [0.15, 0.2) is 97.2 Å². The van der Waals surface area contributed by atoms with Crippen molar-refractivity contribution in [2.75, 3.05) is 13.2 Å². The van der Waals surface area contributed by atoms with Crippen LogP contribution in [-0.2, 0) is 28.6 Å². The third-order valence-electron chi connectivity index (χ3n) is 13.1. The quantitative estimate of drug-likeness (QED) is 0.0261. The normalized spacial score (nSPS) is 12.8. The molecule has 0 aliphatic heterocycles. The van der Waals surface area contributed by atoms with E-state index in [-0.39, 0.29) is 31.6 Å². The maximum absolute atomic E-state index is 12.8. The lowest BCUT2D eigenvalue weighted by Gasteiger charge is -2.18. The molecular weight excluding hydrogens is 901 g/mol. The van der Waals surface area contributed by atoms with Crippen LogP contribution < -0.4 is 0 Å². The summed E-state index contributed by atoms with van der Waals surface area (Å²) in [5.41, 5.74) is 0. The lowest BCUT2D eigenvalue weighted by molar-refractivity contribution is -0.166. The predicted octanol–water partition coefficient (Wildman–Crippen LogP) is 20.9. The van der Waals surface area contributed by atoms with Crippen LogP contribution in [0.5, 0.6) is 0 Å². The van der Waals surface area contributed by atoms with E-state index in [1.165, 1.54) is 141 Å². The van der Waals surface area contributed by atoms with Gasteiger partial charge in [-0.25, -0.2) is 0 Å². The van der Waals surface area contributed by atoms with E-state index in [1.54, 1.807) is 0 Å². The van der Waals surface area contributed by atoms with Crippen LogP contribution in [0.2, 0.25) is 0 Å². The second-order valence-electron chi connectivity index (χ2n) is 20.2. The average molecular weight is 1020 g/mol. The fraction of sp³-hybridized carbons (Fsp3) is 0.716. The molecule has 0 N–H and O–H groups in total. The first-order valence-corrected chi connectivity index (χ1v) is 30.7. The van der Waals surface area contributed by atoms with E-state index in [4.69, 9.17) is 14.2 Å². The van der Waals surface area contributed by atoms with Crippen molar-refractivity contribution < 1.29 is 28.6 Å². The lowest BCUT2D eigenvalue weighted by atomic mass is 10.0. The Morgan fingerprint density at radius 1 is 0.288 bits per heavy atom. The van der Waals surface area contributed by atoms with Crippen LogP contribution in [-0.4, -0.2) is 37.2 Å². The van der Waals surface area contributed by atoms with Gasteiger partial charge in [0, 0.05) is 19.3 Å². The van der Waals surface area contributed by atoms with Gasteiger partial charge in [-0.3, -0.25) is 14.4 Å². The Kier molecular flexibility index (Phi) is 57.8. The smallest absolute Gasteiger partial charge is 0.306 e. The third-order valence-corrected chi connectivity index (χ3v) is 13.1. The first-order valence-electron chi connectivity index (χ1n) is 30.7. The van der Waals surface area contributed by atoms with Crippen LogP contribution >= 0.6 is 0 Å². The summed E-state index contributed by atoms with van der Waals surface area (Å²) in [6.07, 6.45) is 81.4. The monoisotopic (exact) mass is 1010 g/mol. The van der Waals surface area contributed by atoms with Gasteiger partial charge in [0.15, 0.2) is 6.10 Å². The summed E-state index contributed by atoms with van der Waals surface area (Å²) < 4.78 is 16.8. The third kappa shape index (κ3) is 59.1. The second kappa shape index (κ2) is 60.9. The molecule has 0 rings (SSSR count). The van der Waals surface area contributed by atoms with Crippen molar-refractivity contribution in [3.05, 3.63) is 97.2 Å². The van der Waals surface area contributed by atoms with E-state index >= 15 is 0 Å². The molecule has 0 bridgehead atoms. The molecule has 0 fully saturated rings. The van der Waals surface area contributed by atoms with Crippen molar-refractivity contribution in [1.29, 1.82) is 0 Å². The van der Waals surface area contributed by atoms with Gasteiger partial charge in [-0.2, -0.15) is 0 Å². The summed E-state index contributed by atoms with van der Waals surface area (Å²) in [7, 11) is 0. The summed E-state index contributed by atoms with van der Waals surface area (Å²) in [6.45, 7) is 6.44. The zero-order valence-corrected chi connectivity index (χ0v) is 47.9. The fourth-order valence-electron chi connectivity index (χ4n) is 8.49. The molecule has 0 spiro atoms. The van der Waals surface area contributed by atoms with Crippen molar-refractivity contribution in [2.45, 2.75) is 297 Å². The van der Waals surface area contributed by atoms with E-state index in [9.17, 15) is 14.4 Å². The molecule has 0 radical (unpaired) electrons. The van der Waals surface area contributed by atoms with Gasteiger partial charge in [-0.05, 0) is 83.5 Å². The SMILES string of the molecule is CC/C=C\C/C=C\C/C=C\C/C=C\C/C=C\C/C=C\CCC(=O)OC(COC(=O)CCCCCCC/C=C\C/C=C\CCCC)COC(=O)CCCCCCCCCCCCCCCCCCCCCCCC. The number of rotatable bonds is 55. The molecule has 6 nitrogen and oxygen atoms in total. The number of unbranched alkanes of at least 4 members (excludes halogenated alkanes) is 28. The van der Waals surface area contributed by atoms with Crippen LogP contribution in [0.25, 0.3) is 0 Å². The Balaban J connectivity index is 4.44. The van der Waals surface area contributed by atoms with E-state index in [2.05, 4.69) is 112 Å². The van der Waals surface area contributed by atoms with Crippen molar-refractivity contribution in [3.63, 3.8) is 0 Å². The van der Waals surface area contributed by atoms with Crippen molar-refractivity contribution in [2.24, 2.45) is 0 Å². The highest BCUT2D eigenvalue weighted by molar-refractivity contribution is 5.71. The van der Waals surface area contributed by atoms with Crippen molar-refractivity contribution >= 4 is 17.9 Å². The van der Waals surface area contributed by atoms with Crippen molar-refractivity contribution in [1.82, 2.24) is 0 Å². The van der Waals surface area contributed by atoms with Gasteiger partial charge in [0.2, 0.25) is 0 Å². The predicted molar refractivity (Wildman–Crippen MR) is 316 cm³/mol. The highest BCUT2D eigenvalue weighted by Gasteiger charge is 2.19. The van der Waals surface area contributed by atoms with Gasteiger partial charge in [-0.1, -0.05) is 285 Å². The molecule has 0 heterocycles. The first kappa shape index (κ1) is 69.3. The van der Waals surface area contributed by atoms with Crippen LogP contribution in [0.4, 0.5) is 0 Å². The van der Waals surface area contributed by atoms with E-state index in [0.717, 1.165) is 103 Å². The van der Waals surface area contributed by atoms with E-state index < -0.39 is 12.1 Å². The Labute approximate surface area is 451 Å². The van der Waals surface area contributed by atoms with Gasteiger partial charge < -0.3 is 14.2 Å². The Bertz CT molecular complexity index is 1440. The molecule has 0 saturated heterocycles. The average Bonchev–Trinajstić information content (AvgIpc) is 3.39. The molecule has 0 aromatic carbocycles. The Morgan fingerprint density at radius 2 is 0.575 bits per heavy atom. The second-order valence-corrected chi connectivity index (χ2v) is 20.2. The van der Waals surface area contributed by atoms with Crippen LogP contribution in [0.1, 0.15) is 290 Å². The van der Waals surface area contributed by atoms with Gasteiger partial charge in [-0.15, -0.1) is 0 Å². The number of hydrogen-bond acceptors (Lipinski definition) is 6. The van der Waals surface area contributed by atoms with Gasteiger partial charge in [0.1, 0.15) is 13.2 Å². The van der Waals surface area contributed by atoms with Gasteiger partial charge in [0.25, 0.3) is 0 Å². The van der Waals surface area contributed by atoms with Crippen LogP contribution in [0.3, 0.4) is 0 Å². The number of carbonyl (C=O) groups excluding carboxylic acids is 3.